The van der Waals surface area contributed by atoms with Gasteiger partial charge in [-0.2, -0.15) is 0 Å². The van der Waals surface area contributed by atoms with Crippen LogP contribution < -0.4 is 26.0 Å². The van der Waals surface area contributed by atoms with Crippen LogP contribution in [0.3, 0.4) is 0 Å². The van der Waals surface area contributed by atoms with E-state index in [1.807, 2.05) is 11.8 Å². The van der Waals surface area contributed by atoms with Gasteiger partial charge in [-0.15, -0.1) is 0 Å². The monoisotopic (exact) mass is 600 g/mol. The van der Waals surface area contributed by atoms with Gasteiger partial charge in [-0.25, -0.2) is 22.9 Å². The second-order valence-corrected chi connectivity index (χ2v) is 10.6. The number of carbonyl (C=O) groups is 2. The Hall–Kier alpha value is -4.43. The Labute approximate surface area is 245 Å². The van der Waals surface area contributed by atoms with Crippen molar-refractivity contribution in [3.05, 3.63) is 65.9 Å². The third-order valence-electron chi connectivity index (χ3n) is 7.49. The standard InChI is InChI=1S/C29H31F3N6O5/c1-15-13-38(14-21(33)26(15)37-29(40)41)24-4-7-34-12-23(24)36-28(39)22-3-2-18(30)27(35-22)25-19(31)10-17(11-20(25)32)43-16-5-8-42-9-6-16/h2-4,7,10-12,15-16,21,26,37H,5-6,8-9,13-14,33H2,1H3,(H,36,39)(H,40,41)/t15-,21+,26-/m0/s1. The molecule has 2 amide bonds. The molecule has 5 N–H and O–H groups in total. The number of benzene rings is 1. The number of carboxylic acid groups (broad SMARTS) is 1. The Balaban J connectivity index is 1.36. The van der Waals surface area contributed by atoms with E-state index in [1.165, 1.54) is 12.4 Å². The maximum absolute atomic E-state index is 15.1. The molecule has 0 radical (unpaired) electrons. The lowest BCUT2D eigenvalue weighted by Crippen LogP contribution is -2.61. The molecule has 0 spiro atoms. The lowest BCUT2D eigenvalue weighted by Gasteiger charge is -2.42. The Morgan fingerprint density at radius 1 is 1.09 bits per heavy atom. The molecule has 3 aromatic rings. The van der Waals surface area contributed by atoms with Crippen LogP contribution in [-0.4, -0.2) is 71.6 Å². The first kappa shape index (κ1) is 30.0. The number of rotatable bonds is 7. The van der Waals surface area contributed by atoms with E-state index in [0.717, 1.165) is 24.3 Å². The van der Waals surface area contributed by atoms with E-state index in [-0.39, 0.29) is 35.7 Å². The third kappa shape index (κ3) is 6.81. The van der Waals surface area contributed by atoms with Crippen LogP contribution in [0.25, 0.3) is 11.3 Å². The van der Waals surface area contributed by atoms with Crippen molar-refractivity contribution in [1.29, 1.82) is 0 Å². The normalized spacial score (nSPS) is 20.9. The quantitative estimate of drug-likeness (QED) is 0.317. The molecule has 11 nitrogen and oxygen atoms in total. The molecular formula is C29H31F3N6O5. The molecule has 228 valence electrons. The fraction of sp³-hybridized carbons (Fsp3) is 0.379. The molecule has 0 bridgehead atoms. The number of nitrogens with two attached hydrogens (primary N) is 1. The SMILES string of the molecule is C[C@H]1CN(c2ccncc2NC(=O)c2ccc(F)c(-c3c(F)cc(OC4CCOCC4)cc3F)n2)C[C@@H](N)[C@H]1NC(=O)O. The molecule has 3 atom stereocenters. The van der Waals surface area contributed by atoms with Crippen LogP contribution in [0.1, 0.15) is 30.3 Å². The van der Waals surface area contributed by atoms with Gasteiger partial charge in [0.05, 0.1) is 42.4 Å². The highest BCUT2D eigenvalue weighted by atomic mass is 19.1. The van der Waals surface area contributed by atoms with E-state index < -0.39 is 52.8 Å². The Morgan fingerprint density at radius 3 is 2.49 bits per heavy atom. The molecule has 4 heterocycles. The molecule has 1 aromatic carbocycles. The molecule has 14 heteroatoms. The van der Waals surface area contributed by atoms with Gasteiger partial charge < -0.3 is 35.8 Å². The number of hydrogen-bond acceptors (Lipinski definition) is 8. The van der Waals surface area contributed by atoms with Crippen LogP contribution in [0.15, 0.2) is 42.7 Å². The fourth-order valence-electron chi connectivity index (χ4n) is 5.43. The summed E-state index contributed by atoms with van der Waals surface area (Å²) in [4.78, 5) is 34.3. The van der Waals surface area contributed by atoms with Gasteiger partial charge in [0, 0.05) is 50.3 Å². The maximum atomic E-state index is 15.1. The lowest BCUT2D eigenvalue weighted by molar-refractivity contribution is 0.0253. The van der Waals surface area contributed by atoms with Crippen molar-refractivity contribution < 1.29 is 37.3 Å². The minimum atomic E-state index is -1.16. The van der Waals surface area contributed by atoms with Gasteiger partial charge in [-0.3, -0.25) is 9.78 Å². The zero-order valence-electron chi connectivity index (χ0n) is 23.2. The number of ether oxygens (including phenoxy) is 2. The highest BCUT2D eigenvalue weighted by Crippen LogP contribution is 2.33. The molecule has 2 aliphatic heterocycles. The predicted octanol–water partition coefficient (Wildman–Crippen LogP) is 3.79. The first-order valence-electron chi connectivity index (χ1n) is 13.8. The highest BCUT2D eigenvalue weighted by molar-refractivity contribution is 6.04. The van der Waals surface area contributed by atoms with Gasteiger partial charge in [0.15, 0.2) is 0 Å². The van der Waals surface area contributed by atoms with Crippen molar-refractivity contribution in [2.24, 2.45) is 11.7 Å². The summed E-state index contributed by atoms with van der Waals surface area (Å²) in [6.07, 6.45) is 2.66. The third-order valence-corrected chi connectivity index (χ3v) is 7.49. The van der Waals surface area contributed by atoms with Crippen molar-refractivity contribution in [2.75, 3.05) is 36.5 Å². The number of anilines is 2. The number of pyridine rings is 2. The van der Waals surface area contributed by atoms with Crippen molar-refractivity contribution >= 4 is 23.4 Å². The van der Waals surface area contributed by atoms with Crippen LogP contribution in [0, 0.1) is 23.4 Å². The van der Waals surface area contributed by atoms with Gasteiger partial charge in [0.25, 0.3) is 5.91 Å². The van der Waals surface area contributed by atoms with Crippen molar-refractivity contribution in [3.63, 3.8) is 0 Å². The first-order valence-corrected chi connectivity index (χ1v) is 13.8. The minimum absolute atomic E-state index is 0.0409. The first-order chi connectivity index (χ1) is 20.6. The highest BCUT2D eigenvalue weighted by Gasteiger charge is 2.34. The van der Waals surface area contributed by atoms with Gasteiger partial charge in [0.1, 0.15) is 40.7 Å². The van der Waals surface area contributed by atoms with Gasteiger partial charge in [-0.05, 0) is 24.1 Å². The molecule has 2 fully saturated rings. The zero-order chi connectivity index (χ0) is 30.7. The molecule has 2 aliphatic rings. The summed E-state index contributed by atoms with van der Waals surface area (Å²) in [7, 11) is 0. The molecular weight excluding hydrogens is 569 g/mol. The largest absolute Gasteiger partial charge is 0.490 e. The summed E-state index contributed by atoms with van der Waals surface area (Å²) in [5.41, 5.74) is 5.44. The van der Waals surface area contributed by atoms with Crippen LogP contribution in [0.4, 0.5) is 29.3 Å². The van der Waals surface area contributed by atoms with Gasteiger partial charge in [0.2, 0.25) is 0 Å². The summed E-state index contributed by atoms with van der Waals surface area (Å²) >= 11 is 0. The van der Waals surface area contributed by atoms with Crippen molar-refractivity contribution in [2.45, 2.75) is 38.0 Å². The number of aromatic nitrogens is 2. The van der Waals surface area contributed by atoms with Gasteiger partial charge in [-0.1, -0.05) is 6.92 Å². The minimum Gasteiger partial charge on any atom is -0.490 e. The Morgan fingerprint density at radius 2 is 1.81 bits per heavy atom. The smallest absolute Gasteiger partial charge is 0.404 e. The summed E-state index contributed by atoms with van der Waals surface area (Å²) in [5, 5.41) is 14.3. The Bertz CT molecular complexity index is 1470. The van der Waals surface area contributed by atoms with Crippen molar-refractivity contribution in [3.8, 4) is 17.0 Å². The second kappa shape index (κ2) is 12.8. The average molecular weight is 601 g/mol. The van der Waals surface area contributed by atoms with E-state index in [2.05, 4.69) is 20.6 Å². The predicted molar refractivity (Wildman–Crippen MR) is 151 cm³/mol. The van der Waals surface area contributed by atoms with Crippen molar-refractivity contribution in [1.82, 2.24) is 15.3 Å². The summed E-state index contributed by atoms with van der Waals surface area (Å²) in [5.74, 6) is -4.17. The molecule has 43 heavy (non-hydrogen) atoms. The van der Waals surface area contributed by atoms with E-state index in [9.17, 15) is 14.0 Å². The van der Waals surface area contributed by atoms with Crippen LogP contribution in [0.2, 0.25) is 0 Å². The topological polar surface area (TPSA) is 152 Å². The van der Waals surface area contributed by atoms with Crippen LogP contribution in [-0.2, 0) is 4.74 Å². The Kier molecular flexibility index (Phi) is 8.97. The summed E-state index contributed by atoms with van der Waals surface area (Å²) < 4.78 is 56.0. The number of hydrogen-bond donors (Lipinski definition) is 4. The van der Waals surface area contributed by atoms with E-state index in [1.54, 1.807) is 6.07 Å². The number of nitrogens with zero attached hydrogens (tertiary/aromatic N) is 3. The van der Waals surface area contributed by atoms with Crippen LogP contribution in [0.5, 0.6) is 5.75 Å². The number of carbonyl (C=O) groups excluding carboxylic acids is 1. The number of nitrogens with one attached hydrogen (secondary N) is 2. The number of amides is 2. The zero-order valence-corrected chi connectivity index (χ0v) is 23.2. The molecule has 0 unspecified atom stereocenters. The van der Waals surface area contributed by atoms with E-state index in [0.29, 0.717) is 38.3 Å². The average Bonchev–Trinajstić information content (AvgIpc) is 2.96. The number of piperidine rings is 1. The lowest BCUT2D eigenvalue weighted by atomic mass is 9.90. The molecule has 2 aromatic heterocycles. The van der Waals surface area contributed by atoms with E-state index >= 15 is 8.78 Å². The number of halogens is 3. The fourth-order valence-corrected chi connectivity index (χ4v) is 5.43. The summed E-state index contributed by atoms with van der Waals surface area (Å²) in [6.45, 7) is 3.53. The molecule has 0 aliphatic carbocycles. The van der Waals surface area contributed by atoms with E-state index in [4.69, 9.17) is 20.3 Å². The molecule has 5 rings (SSSR count). The second-order valence-electron chi connectivity index (χ2n) is 10.6. The molecule has 0 saturated carbocycles. The summed E-state index contributed by atoms with van der Waals surface area (Å²) in [6, 6.07) is 4.61. The van der Waals surface area contributed by atoms with Crippen LogP contribution >= 0.6 is 0 Å². The maximum Gasteiger partial charge on any atom is 0.404 e. The molecule has 2 saturated heterocycles. The van der Waals surface area contributed by atoms with Gasteiger partial charge >= 0.3 is 6.09 Å².